The predicted octanol–water partition coefficient (Wildman–Crippen LogP) is 2.95. The summed E-state index contributed by atoms with van der Waals surface area (Å²) in [6.45, 7) is 3.93. The summed E-state index contributed by atoms with van der Waals surface area (Å²) in [6, 6.07) is 5.29. The van der Waals surface area contributed by atoms with Gasteiger partial charge in [-0.1, -0.05) is 24.6 Å². The van der Waals surface area contributed by atoms with E-state index in [0.29, 0.717) is 17.5 Å². The Balaban J connectivity index is 3.33. The molecule has 0 bridgehead atoms. The minimum absolute atomic E-state index is 0.181. The van der Waals surface area contributed by atoms with Crippen molar-refractivity contribution in [2.75, 3.05) is 6.61 Å². The van der Waals surface area contributed by atoms with Crippen LogP contribution in [0.15, 0.2) is 12.1 Å². The molecule has 1 aromatic carbocycles. The average Bonchev–Trinajstić information content (AvgIpc) is 2.28. The van der Waals surface area contributed by atoms with Crippen molar-refractivity contribution < 1.29 is 9.53 Å². The number of esters is 1. The predicted molar refractivity (Wildman–Crippen MR) is 61.5 cm³/mol. The van der Waals surface area contributed by atoms with E-state index in [1.165, 1.54) is 0 Å². The molecule has 0 N–H and O–H groups in total. The number of nitrogens with zero attached hydrogens (tertiary/aromatic N) is 1. The zero-order valence-corrected chi connectivity index (χ0v) is 9.97. The molecule has 0 atom stereocenters. The van der Waals surface area contributed by atoms with Gasteiger partial charge < -0.3 is 4.74 Å². The van der Waals surface area contributed by atoms with Crippen LogP contribution in [0.4, 0.5) is 0 Å². The summed E-state index contributed by atoms with van der Waals surface area (Å²) in [5.41, 5.74) is 1.40. The first kappa shape index (κ1) is 12.5. The SMILES string of the molecule is CCOC(=O)c1c(CC)ccc(C#N)c1Cl. The molecule has 0 saturated heterocycles. The fourth-order valence-corrected chi connectivity index (χ4v) is 1.72. The van der Waals surface area contributed by atoms with Crippen molar-refractivity contribution in [3.8, 4) is 6.07 Å². The molecule has 4 heteroatoms. The number of hydrogen-bond acceptors (Lipinski definition) is 3. The van der Waals surface area contributed by atoms with Crippen LogP contribution in [0.2, 0.25) is 5.02 Å². The lowest BCUT2D eigenvalue weighted by molar-refractivity contribution is 0.0525. The van der Waals surface area contributed by atoms with E-state index < -0.39 is 5.97 Å². The zero-order valence-electron chi connectivity index (χ0n) is 9.21. The van der Waals surface area contributed by atoms with Crippen molar-refractivity contribution in [1.82, 2.24) is 0 Å². The van der Waals surface area contributed by atoms with Gasteiger partial charge >= 0.3 is 5.97 Å². The summed E-state index contributed by atoms with van der Waals surface area (Å²) in [7, 11) is 0. The summed E-state index contributed by atoms with van der Waals surface area (Å²) in [6.07, 6.45) is 0.666. The van der Waals surface area contributed by atoms with E-state index >= 15 is 0 Å². The summed E-state index contributed by atoms with van der Waals surface area (Å²) in [5, 5.41) is 9.01. The molecule has 84 valence electrons. The lowest BCUT2D eigenvalue weighted by Gasteiger charge is -2.09. The van der Waals surface area contributed by atoms with Crippen molar-refractivity contribution in [3.63, 3.8) is 0 Å². The number of carbonyl (C=O) groups excluding carboxylic acids is 1. The Morgan fingerprint density at radius 2 is 2.19 bits per heavy atom. The quantitative estimate of drug-likeness (QED) is 0.760. The number of carbonyl (C=O) groups is 1. The minimum Gasteiger partial charge on any atom is -0.462 e. The van der Waals surface area contributed by atoms with Crippen LogP contribution in [-0.4, -0.2) is 12.6 Å². The Labute approximate surface area is 99.6 Å². The molecule has 0 spiro atoms. The maximum absolute atomic E-state index is 11.7. The smallest absolute Gasteiger partial charge is 0.339 e. The van der Waals surface area contributed by atoms with Gasteiger partial charge in [-0.2, -0.15) is 5.26 Å². The van der Waals surface area contributed by atoms with Gasteiger partial charge in [0, 0.05) is 0 Å². The highest BCUT2D eigenvalue weighted by atomic mass is 35.5. The molecule has 0 radical (unpaired) electrons. The number of benzene rings is 1. The molecule has 1 aromatic rings. The van der Waals surface area contributed by atoms with Crippen molar-refractivity contribution in [3.05, 3.63) is 33.8 Å². The monoisotopic (exact) mass is 237 g/mol. The van der Waals surface area contributed by atoms with Crippen LogP contribution in [0.25, 0.3) is 0 Å². The topological polar surface area (TPSA) is 50.1 Å². The number of rotatable bonds is 3. The van der Waals surface area contributed by atoms with Gasteiger partial charge in [-0.05, 0) is 25.0 Å². The van der Waals surface area contributed by atoms with Crippen LogP contribution in [0, 0.1) is 11.3 Å². The van der Waals surface area contributed by atoms with Gasteiger partial charge in [0.25, 0.3) is 0 Å². The van der Waals surface area contributed by atoms with Crippen molar-refractivity contribution in [2.45, 2.75) is 20.3 Å². The van der Waals surface area contributed by atoms with Crippen LogP contribution >= 0.6 is 11.6 Å². The Kier molecular flexibility index (Phi) is 4.33. The van der Waals surface area contributed by atoms with E-state index in [4.69, 9.17) is 21.6 Å². The number of nitriles is 1. The van der Waals surface area contributed by atoms with Gasteiger partial charge in [-0.15, -0.1) is 0 Å². The van der Waals surface area contributed by atoms with Gasteiger partial charge in [0.2, 0.25) is 0 Å². The number of halogens is 1. The Hall–Kier alpha value is -1.53. The second-order valence-corrected chi connectivity index (χ2v) is 3.53. The van der Waals surface area contributed by atoms with E-state index in [9.17, 15) is 4.79 Å². The number of aryl methyl sites for hydroxylation is 1. The Morgan fingerprint density at radius 3 is 2.69 bits per heavy atom. The summed E-state index contributed by atoms with van der Waals surface area (Å²) in [4.78, 5) is 11.7. The minimum atomic E-state index is -0.471. The fraction of sp³-hybridized carbons (Fsp3) is 0.333. The Bertz CT molecular complexity index is 449. The third-order valence-corrected chi connectivity index (χ3v) is 2.60. The van der Waals surface area contributed by atoms with E-state index in [1.807, 2.05) is 13.0 Å². The number of ether oxygens (including phenoxy) is 1. The molecule has 0 aliphatic carbocycles. The maximum atomic E-state index is 11.7. The molecular formula is C12H12ClNO2. The van der Waals surface area contributed by atoms with Crippen LogP contribution in [0.1, 0.15) is 35.3 Å². The normalized spacial score (nSPS) is 9.62. The van der Waals surface area contributed by atoms with Crippen molar-refractivity contribution in [1.29, 1.82) is 5.26 Å². The van der Waals surface area contributed by atoms with Gasteiger partial charge in [-0.3, -0.25) is 0 Å². The third-order valence-electron chi connectivity index (χ3n) is 2.21. The first-order chi connectivity index (χ1) is 7.65. The van der Waals surface area contributed by atoms with Gasteiger partial charge in [0.1, 0.15) is 6.07 Å². The molecule has 0 unspecified atom stereocenters. The first-order valence-corrected chi connectivity index (χ1v) is 5.42. The highest BCUT2D eigenvalue weighted by Crippen LogP contribution is 2.25. The Morgan fingerprint density at radius 1 is 1.50 bits per heavy atom. The lowest BCUT2D eigenvalue weighted by Crippen LogP contribution is -2.09. The summed E-state index contributed by atoms with van der Waals surface area (Å²) >= 11 is 6.00. The van der Waals surface area contributed by atoms with E-state index in [0.717, 1.165) is 5.56 Å². The van der Waals surface area contributed by atoms with Crippen LogP contribution < -0.4 is 0 Å². The van der Waals surface area contributed by atoms with Gasteiger partial charge in [0.05, 0.1) is 22.8 Å². The number of hydrogen-bond donors (Lipinski definition) is 0. The second kappa shape index (κ2) is 5.53. The van der Waals surface area contributed by atoms with Crippen LogP contribution in [0.5, 0.6) is 0 Å². The third kappa shape index (κ3) is 2.34. The molecule has 0 saturated carbocycles. The molecule has 0 amide bonds. The maximum Gasteiger partial charge on any atom is 0.339 e. The second-order valence-electron chi connectivity index (χ2n) is 3.15. The zero-order chi connectivity index (χ0) is 12.1. The van der Waals surface area contributed by atoms with Gasteiger partial charge in [-0.25, -0.2) is 4.79 Å². The first-order valence-electron chi connectivity index (χ1n) is 5.04. The molecule has 1 rings (SSSR count). The molecule has 16 heavy (non-hydrogen) atoms. The summed E-state index contributed by atoms with van der Waals surface area (Å²) in [5.74, 6) is -0.471. The lowest BCUT2D eigenvalue weighted by atomic mass is 10.0. The average molecular weight is 238 g/mol. The molecule has 0 fully saturated rings. The van der Waals surface area contributed by atoms with E-state index in [-0.39, 0.29) is 11.6 Å². The van der Waals surface area contributed by atoms with E-state index in [2.05, 4.69) is 0 Å². The molecule has 0 aliphatic heterocycles. The standard InChI is InChI=1S/C12H12ClNO2/c1-3-8-5-6-9(7-14)11(13)10(8)12(15)16-4-2/h5-6H,3-4H2,1-2H3. The summed E-state index contributed by atoms with van der Waals surface area (Å²) < 4.78 is 4.92. The largest absolute Gasteiger partial charge is 0.462 e. The highest BCUT2D eigenvalue weighted by Gasteiger charge is 2.18. The fourth-order valence-electron chi connectivity index (χ4n) is 1.42. The molecule has 3 nitrogen and oxygen atoms in total. The highest BCUT2D eigenvalue weighted by molar-refractivity contribution is 6.34. The van der Waals surface area contributed by atoms with Crippen LogP contribution in [0.3, 0.4) is 0 Å². The van der Waals surface area contributed by atoms with Crippen LogP contribution in [-0.2, 0) is 11.2 Å². The molecule has 0 heterocycles. The van der Waals surface area contributed by atoms with Crippen molar-refractivity contribution in [2.24, 2.45) is 0 Å². The molecular weight excluding hydrogens is 226 g/mol. The molecule has 0 aliphatic rings. The van der Waals surface area contributed by atoms with Crippen molar-refractivity contribution >= 4 is 17.6 Å². The molecule has 0 aromatic heterocycles. The van der Waals surface area contributed by atoms with E-state index in [1.54, 1.807) is 19.1 Å². The van der Waals surface area contributed by atoms with Gasteiger partial charge in [0.15, 0.2) is 0 Å².